The summed E-state index contributed by atoms with van der Waals surface area (Å²) in [5.74, 6) is 2.47. The zero-order valence-electron chi connectivity index (χ0n) is 10.3. The van der Waals surface area contributed by atoms with Crippen LogP contribution < -0.4 is 0 Å². The molecule has 1 aromatic heterocycles. The third-order valence-corrected chi connectivity index (χ3v) is 3.68. The van der Waals surface area contributed by atoms with Crippen molar-refractivity contribution in [3.63, 3.8) is 0 Å². The molecule has 0 bridgehead atoms. The Morgan fingerprint density at radius 1 is 1.33 bits per heavy atom. The van der Waals surface area contributed by atoms with Crippen molar-refractivity contribution in [1.82, 2.24) is 9.88 Å². The number of hydrogen-bond donors (Lipinski definition) is 0. The zero-order valence-corrected chi connectivity index (χ0v) is 10.3. The van der Waals surface area contributed by atoms with Gasteiger partial charge in [-0.3, -0.25) is 4.90 Å². The molecule has 3 heteroatoms. The van der Waals surface area contributed by atoms with E-state index in [2.05, 4.69) is 30.9 Å². The normalized spacial score (nSPS) is 20.7. The van der Waals surface area contributed by atoms with E-state index in [4.69, 9.17) is 4.42 Å². The van der Waals surface area contributed by atoms with Gasteiger partial charge in [-0.1, -0.05) is 0 Å². The van der Waals surface area contributed by atoms with Gasteiger partial charge in [0.1, 0.15) is 11.5 Å². The first-order valence-corrected chi connectivity index (χ1v) is 5.58. The molecular weight excluding hydrogens is 188 g/mol. The van der Waals surface area contributed by atoms with Crippen LogP contribution in [0.2, 0.25) is 0 Å². The van der Waals surface area contributed by atoms with Crippen LogP contribution >= 0.6 is 0 Å². The van der Waals surface area contributed by atoms with E-state index in [-0.39, 0.29) is 5.54 Å². The largest absolute Gasteiger partial charge is 0.446 e. The van der Waals surface area contributed by atoms with Crippen molar-refractivity contribution < 1.29 is 4.42 Å². The lowest BCUT2D eigenvalue weighted by Gasteiger charge is -2.35. The van der Waals surface area contributed by atoms with Gasteiger partial charge >= 0.3 is 0 Å². The maximum Gasteiger partial charge on any atom is 0.191 e. The molecule has 1 saturated carbocycles. The Balaban J connectivity index is 2.44. The van der Waals surface area contributed by atoms with Gasteiger partial charge in [0.15, 0.2) is 5.89 Å². The molecule has 1 aromatic rings. The number of hydrogen-bond acceptors (Lipinski definition) is 3. The summed E-state index contributed by atoms with van der Waals surface area (Å²) in [6, 6.07) is 0. The summed E-state index contributed by atoms with van der Waals surface area (Å²) in [7, 11) is 4.25. The minimum Gasteiger partial charge on any atom is -0.446 e. The number of rotatable bonds is 3. The molecule has 3 nitrogen and oxygen atoms in total. The van der Waals surface area contributed by atoms with Crippen molar-refractivity contribution in [3.05, 3.63) is 17.3 Å². The molecule has 1 unspecified atom stereocenters. The van der Waals surface area contributed by atoms with Crippen LogP contribution in [0.5, 0.6) is 0 Å². The van der Waals surface area contributed by atoms with E-state index in [0.717, 1.165) is 23.3 Å². The van der Waals surface area contributed by atoms with E-state index in [9.17, 15) is 0 Å². The highest BCUT2D eigenvalue weighted by Gasteiger charge is 2.47. The van der Waals surface area contributed by atoms with Crippen LogP contribution in [0.4, 0.5) is 0 Å². The minimum absolute atomic E-state index is 0.0435. The van der Waals surface area contributed by atoms with Gasteiger partial charge in [-0.2, -0.15) is 0 Å². The van der Waals surface area contributed by atoms with E-state index in [1.807, 2.05) is 13.8 Å². The van der Waals surface area contributed by atoms with Gasteiger partial charge in [0.2, 0.25) is 0 Å². The Bertz CT molecular complexity index is 362. The first kappa shape index (κ1) is 10.7. The van der Waals surface area contributed by atoms with Crippen LogP contribution in [0.3, 0.4) is 0 Å². The van der Waals surface area contributed by atoms with E-state index in [0.29, 0.717) is 0 Å². The topological polar surface area (TPSA) is 29.3 Å². The van der Waals surface area contributed by atoms with E-state index < -0.39 is 0 Å². The molecule has 1 aliphatic rings. The number of oxazole rings is 1. The lowest BCUT2D eigenvalue weighted by Crippen LogP contribution is -2.41. The van der Waals surface area contributed by atoms with Crippen molar-refractivity contribution in [2.75, 3.05) is 14.1 Å². The third-order valence-electron chi connectivity index (χ3n) is 3.68. The van der Waals surface area contributed by atoms with E-state index in [1.165, 1.54) is 12.8 Å². The molecular formula is C12H20N2O. The highest BCUT2D eigenvalue weighted by molar-refractivity contribution is 5.22. The molecule has 0 aliphatic heterocycles. The van der Waals surface area contributed by atoms with Crippen molar-refractivity contribution in [3.8, 4) is 0 Å². The lowest BCUT2D eigenvalue weighted by atomic mass is 9.89. The molecule has 84 valence electrons. The molecule has 0 amide bonds. The number of nitrogens with zero attached hydrogens (tertiary/aromatic N) is 2. The maximum atomic E-state index is 5.55. The summed E-state index contributed by atoms with van der Waals surface area (Å²) < 4.78 is 5.55. The Kier molecular flexibility index (Phi) is 2.38. The molecule has 0 N–H and O–H groups in total. The second-order valence-electron chi connectivity index (χ2n) is 4.95. The van der Waals surface area contributed by atoms with Crippen LogP contribution in [0.1, 0.15) is 37.1 Å². The van der Waals surface area contributed by atoms with Gasteiger partial charge in [0.25, 0.3) is 0 Å². The maximum absolute atomic E-state index is 5.55. The SMILES string of the molecule is Cc1nc(C(C)(C2CC2)N(C)C)c(C)o1. The standard InChI is InChI=1S/C12H20N2O/c1-8-11(13-9(2)15-8)12(3,14(4)5)10-6-7-10/h10H,6-7H2,1-5H3. The van der Waals surface area contributed by atoms with Crippen molar-refractivity contribution in [2.45, 2.75) is 39.2 Å². The van der Waals surface area contributed by atoms with Gasteiger partial charge in [0, 0.05) is 6.92 Å². The van der Waals surface area contributed by atoms with Crippen LogP contribution in [0.25, 0.3) is 0 Å². The fourth-order valence-corrected chi connectivity index (χ4v) is 2.41. The minimum atomic E-state index is 0.0435. The third kappa shape index (κ3) is 1.59. The average Bonchev–Trinajstić information content (AvgIpc) is 2.91. The fourth-order valence-electron chi connectivity index (χ4n) is 2.41. The Labute approximate surface area is 91.5 Å². The highest BCUT2D eigenvalue weighted by Crippen LogP contribution is 2.48. The zero-order chi connectivity index (χ0) is 11.2. The first-order valence-electron chi connectivity index (χ1n) is 5.58. The summed E-state index contributed by atoms with van der Waals surface area (Å²) in [6.45, 7) is 6.20. The summed E-state index contributed by atoms with van der Waals surface area (Å²) in [6.07, 6.45) is 2.61. The Hall–Kier alpha value is -0.830. The van der Waals surface area contributed by atoms with Gasteiger partial charge < -0.3 is 4.42 Å². The first-order chi connectivity index (χ1) is 6.96. The number of aromatic nitrogens is 1. The molecule has 0 spiro atoms. The molecule has 1 fully saturated rings. The summed E-state index contributed by atoms with van der Waals surface area (Å²) in [5.41, 5.74) is 1.16. The van der Waals surface area contributed by atoms with Crippen molar-refractivity contribution in [2.24, 2.45) is 5.92 Å². The summed E-state index contributed by atoms with van der Waals surface area (Å²) >= 11 is 0. The predicted octanol–water partition coefficient (Wildman–Crippen LogP) is 2.48. The fraction of sp³-hybridized carbons (Fsp3) is 0.750. The lowest BCUT2D eigenvalue weighted by molar-refractivity contribution is 0.138. The summed E-state index contributed by atoms with van der Waals surface area (Å²) in [4.78, 5) is 6.83. The van der Waals surface area contributed by atoms with Crippen LogP contribution in [0, 0.1) is 19.8 Å². The molecule has 0 aromatic carbocycles. The molecule has 15 heavy (non-hydrogen) atoms. The highest BCUT2D eigenvalue weighted by atomic mass is 16.4. The average molecular weight is 208 g/mol. The summed E-state index contributed by atoms with van der Waals surface area (Å²) in [5, 5.41) is 0. The van der Waals surface area contributed by atoms with E-state index in [1.54, 1.807) is 0 Å². The molecule has 2 rings (SSSR count). The van der Waals surface area contributed by atoms with Crippen LogP contribution in [-0.2, 0) is 5.54 Å². The van der Waals surface area contributed by atoms with Gasteiger partial charge in [-0.25, -0.2) is 4.98 Å². The van der Waals surface area contributed by atoms with Crippen molar-refractivity contribution >= 4 is 0 Å². The van der Waals surface area contributed by atoms with Crippen molar-refractivity contribution in [1.29, 1.82) is 0 Å². The molecule has 1 heterocycles. The molecule has 0 radical (unpaired) electrons. The van der Waals surface area contributed by atoms with Crippen LogP contribution in [-0.4, -0.2) is 24.0 Å². The monoisotopic (exact) mass is 208 g/mol. The smallest absolute Gasteiger partial charge is 0.191 e. The van der Waals surface area contributed by atoms with Crippen LogP contribution in [0.15, 0.2) is 4.42 Å². The van der Waals surface area contributed by atoms with Gasteiger partial charge in [0.05, 0.1) is 5.54 Å². The Morgan fingerprint density at radius 2 is 1.93 bits per heavy atom. The second-order valence-corrected chi connectivity index (χ2v) is 4.95. The predicted molar refractivity (Wildman–Crippen MR) is 59.7 cm³/mol. The van der Waals surface area contributed by atoms with Gasteiger partial charge in [-0.15, -0.1) is 0 Å². The van der Waals surface area contributed by atoms with E-state index >= 15 is 0 Å². The quantitative estimate of drug-likeness (QED) is 0.764. The second kappa shape index (κ2) is 3.34. The molecule has 1 aliphatic carbocycles. The number of aryl methyl sites for hydroxylation is 2. The molecule has 0 saturated heterocycles. The Morgan fingerprint density at radius 3 is 2.27 bits per heavy atom. The molecule has 1 atom stereocenters. The van der Waals surface area contributed by atoms with Gasteiger partial charge in [-0.05, 0) is 46.7 Å².